The van der Waals surface area contributed by atoms with Crippen LogP contribution in [0.2, 0.25) is 0 Å². The molecule has 8 heteroatoms. The number of aromatic carboxylic acids is 2. The largest absolute Gasteiger partial charge is 0.478 e. The minimum Gasteiger partial charge on any atom is -0.478 e. The summed E-state index contributed by atoms with van der Waals surface area (Å²) in [6, 6.07) is 18.9. The van der Waals surface area contributed by atoms with E-state index < -0.39 is 23.5 Å². The first kappa shape index (κ1) is 22.5. The number of methoxy groups -OCH3 is 1. The van der Waals surface area contributed by atoms with Gasteiger partial charge >= 0.3 is 17.9 Å². The van der Waals surface area contributed by atoms with Gasteiger partial charge in [0, 0.05) is 10.9 Å². The van der Waals surface area contributed by atoms with Crippen molar-refractivity contribution in [3.63, 3.8) is 0 Å². The summed E-state index contributed by atoms with van der Waals surface area (Å²) in [4.78, 5) is 49.3. The predicted octanol–water partition coefficient (Wildman–Crippen LogP) is 3.90. The Kier molecular flexibility index (Phi) is 5.97. The fraction of sp³-hybridized carbons (Fsp3) is 0.0769. The van der Waals surface area contributed by atoms with Crippen molar-refractivity contribution in [2.24, 2.45) is 0 Å². The lowest BCUT2D eigenvalue weighted by atomic mass is 9.95. The number of rotatable bonds is 6. The van der Waals surface area contributed by atoms with Gasteiger partial charge in [0.05, 0.1) is 24.8 Å². The van der Waals surface area contributed by atoms with Crippen LogP contribution in [0.25, 0.3) is 21.9 Å². The van der Waals surface area contributed by atoms with Crippen LogP contribution in [0.5, 0.6) is 0 Å². The quantitative estimate of drug-likeness (QED) is 0.421. The number of pyridine rings is 1. The highest BCUT2D eigenvalue weighted by molar-refractivity contribution is 6.08. The number of fused-ring (bicyclic) bond motifs is 1. The van der Waals surface area contributed by atoms with E-state index in [4.69, 9.17) is 9.84 Å². The molecule has 0 unspecified atom stereocenters. The Balaban J connectivity index is 2.07. The van der Waals surface area contributed by atoms with Crippen LogP contribution in [0.4, 0.5) is 0 Å². The molecule has 2 N–H and O–H groups in total. The first-order chi connectivity index (χ1) is 16.3. The van der Waals surface area contributed by atoms with Crippen LogP contribution in [-0.4, -0.2) is 39.8 Å². The molecule has 0 fully saturated rings. The molecule has 0 saturated heterocycles. The minimum absolute atomic E-state index is 0.0260. The third-order valence-electron chi connectivity index (χ3n) is 5.50. The molecule has 4 rings (SSSR count). The maximum absolute atomic E-state index is 13.5. The second kappa shape index (κ2) is 9.03. The topological polar surface area (TPSA) is 123 Å². The van der Waals surface area contributed by atoms with Crippen LogP contribution in [-0.2, 0) is 11.3 Å². The number of aromatic nitrogens is 1. The Bertz CT molecular complexity index is 1490. The molecular weight excluding hydrogens is 438 g/mol. The SMILES string of the molecule is COC(=O)c1c(-c2ccccc2)c2cc(C(=O)O)ccc2c(=O)n1Cc1ccc(C(=O)O)cc1. The molecule has 0 radical (unpaired) electrons. The van der Waals surface area contributed by atoms with Crippen molar-refractivity contribution >= 4 is 28.7 Å². The molecule has 4 aromatic rings. The van der Waals surface area contributed by atoms with Gasteiger partial charge in [-0.05, 0) is 46.8 Å². The van der Waals surface area contributed by atoms with E-state index in [9.17, 15) is 24.3 Å². The number of carbonyl (C=O) groups excluding carboxylic acids is 1. The van der Waals surface area contributed by atoms with E-state index in [0.717, 1.165) is 0 Å². The maximum atomic E-state index is 13.5. The third-order valence-corrected chi connectivity index (χ3v) is 5.50. The number of esters is 1. The summed E-state index contributed by atoms with van der Waals surface area (Å²) in [5.41, 5.74) is 1.09. The van der Waals surface area contributed by atoms with E-state index in [-0.39, 0.29) is 28.8 Å². The van der Waals surface area contributed by atoms with Crippen molar-refractivity contribution < 1.29 is 29.3 Å². The highest BCUT2D eigenvalue weighted by Gasteiger charge is 2.25. The van der Waals surface area contributed by atoms with Crippen LogP contribution in [0.15, 0.2) is 77.6 Å². The summed E-state index contributed by atoms with van der Waals surface area (Å²) < 4.78 is 6.29. The molecule has 0 spiro atoms. The maximum Gasteiger partial charge on any atom is 0.355 e. The molecule has 170 valence electrons. The lowest BCUT2D eigenvalue weighted by Crippen LogP contribution is -2.28. The summed E-state index contributed by atoms with van der Waals surface area (Å²) in [6.45, 7) is -0.0282. The molecule has 8 nitrogen and oxygen atoms in total. The predicted molar refractivity (Wildman–Crippen MR) is 124 cm³/mol. The van der Waals surface area contributed by atoms with Crippen molar-refractivity contribution in [2.45, 2.75) is 6.54 Å². The van der Waals surface area contributed by atoms with Crippen LogP contribution in [0.3, 0.4) is 0 Å². The third kappa shape index (κ3) is 4.04. The zero-order valence-electron chi connectivity index (χ0n) is 18.0. The van der Waals surface area contributed by atoms with Gasteiger partial charge in [0.1, 0.15) is 5.69 Å². The molecule has 0 atom stereocenters. The standard InChI is InChI=1S/C26H19NO7/c1-34-26(33)22-21(16-5-3-2-4-6-16)20-13-18(25(31)32)11-12-19(20)23(28)27(22)14-15-7-9-17(10-8-15)24(29)30/h2-13H,14H2,1H3,(H,29,30)(H,31,32). The Morgan fingerprint density at radius 3 is 2.03 bits per heavy atom. The highest BCUT2D eigenvalue weighted by atomic mass is 16.5. The molecule has 0 saturated carbocycles. The van der Waals surface area contributed by atoms with Crippen LogP contribution < -0.4 is 5.56 Å². The zero-order chi connectivity index (χ0) is 24.4. The number of carboxylic acids is 2. The van der Waals surface area contributed by atoms with Gasteiger partial charge in [0.2, 0.25) is 0 Å². The van der Waals surface area contributed by atoms with E-state index in [1.165, 1.54) is 42.0 Å². The molecule has 1 heterocycles. The summed E-state index contributed by atoms with van der Waals surface area (Å²) in [5, 5.41) is 19.2. The van der Waals surface area contributed by atoms with Crippen molar-refractivity contribution in [1.29, 1.82) is 0 Å². The van der Waals surface area contributed by atoms with Crippen LogP contribution in [0.1, 0.15) is 36.8 Å². The van der Waals surface area contributed by atoms with Gasteiger partial charge in [-0.1, -0.05) is 42.5 Å². The number of hydrogen-bond acceptors (Lipinski definition) is 5. The Morgan fingerprint density at radius 2 is 1.44 bits per heavy atom. The van der Waals surface area contributed by atoms with Gasteiger partial charge < -0.3 is 14.9 Å². The van der Waals surface area contributed by atoms with Crippen LogP contribution in [0, 0.1) is 0 Å². The van der Waals surface area contributed by atoms with Crippen molar-refractivity contribution in [2.75, 3.05) is 7.11 Å². The normalized spacial score (nSPS) is 10.7. The average Bonchev–Trinajstić information content (AvgIpc) is 2.85. The smallest absolute Gasteiger partial charge is 0.355 e. The van der Waals surface area contributed by atoms with Gasteiger partial charge in [-0.2, -0.15) is 0 Å². The van der Waals surface area contributed by atoms with E-state index in [2.05, 4.69) is 0 Å². The van der Waals surface area contributed by atoms with Crippen molar-refractivity contribution in [3.8, 4) is 11.1 Å². The molecule has 0 aliphatic heterocycles. The van der Waals surface area contributed by atoms with E-state index in [1.807, 2.05) is 0 Å². The van der Waals surface area contributed by atoms with Gasteiger partial charge in [0.25, 0.3) is 5.56 Å². The fourth-order valence-electron chi connectivity index (χ4n) is 3.87. The van der Waals surface area contributed by atoms with Crippen molar-refractivity contribution in [1.82, 2.24) is 4.57 Å². The lowest BCUT2D eigenvalue weighted by Gasteiger charge is -2.19. The number of hydrogen-bond donors (Lipinski definition) is 2. The molecule has 0 amide bonds. The second-order valence-electron chi connectivity index (χ2n) is 7.54. The molecule has 0 aliphatic rings. The van der Waals surface area contributed by atoms with E-state index >= 15 is 0 Å². The highest BCUT2D eigenvalue weighted by Crippen LogP contribution is 2.32. The van der Waals surface area contributed by atoms with Gasteiger partial charge in [-0.3, -0.25) is 9.36 Å². The molecule has 0 aliphatic carbocycles. The van der Waals surface area contributed by atoms with E-state index in [0.29, 0.717) is 22.1 Å². The Labute approximate surface area is 193 Å². The minimum atomic E-state index is -1.16. The molecule has 0 bridgehead atoms. The number of ether oxygens (including phenoxy) is 1. The zero-order valence-corrected chi connectivity index (χ0v) is 18.0. The fourth-order valence-corrected chi connectivity index (χ4v) is 3.87. The van der Waals surface area contributed by atoms with Crippen LogP contribution >= 0.6 is 0 Å². The monoisotopic (exact) mass is 457 g/mol. The Morgan fingerprint density at radius 1 is 0.824 bits per heavy atom. The first-order valence-corrected chi connectivity index (χ1v) is 10.2. The Hall–Kier alpha value is -4.72. The molecular formula is C26H19NO7. The second-order valence-corrected chi connectivity index (χ2v) is 7.54. The lowest BCUT2D eigenvalue weighted by molar-refractivity contribution is 0.0587. The number of carbonyl (C=O) groups is 3. The number of nitrogens with zero attached hydrogens (tertiary/aromatic N) is 1. The number of benzene rings is 3. The summed E-state index contributed by atoms with van der Waals surface area (Å²) in [5.74, 6) is -3.01. The number of carboxylic acid groups (broad SMARTS) is 2. The van der Waals surface area contributed by atoms with Gasteiger partial charge in [-0.15, -0.1) is 0 Å². The summed E-state index contributed by atoms with van der Waals surface area (Å²) in [7, 11) is 1.20. The molecule has 34 heavy (non-hydrogen) atoms. The van der Waals surface area contributed by atoms with Gasteiger partial charge in [0.15, 0.2) is 0 Å². The summed E-state index contributed by atoms with van der Waals surface area (Å²) >= 11 is 0. The average molecular weight is 457 g/mol. The summed E-state index contributed by atoms with van der Waals surface area (Å²) in [6.07, 6.45) is 0. The molecule has 1 aromatic heterocycles. The van der Waals surface area contributed by atoms with E-state index in [1.54, 1.807) is 42.5 Å². The first-order valence-electron chi connectivity index (χ1n) is 10.2. The molecule has 3 aromatic carbocycles. The van der Waals surface area contributed by atoms with Crippen molar-refractivity contribution in [3.05, 3.63) is 106 Å². The van der Waals surface area contributed by atoms with Gasteiger partial charge in [-0.25, -0.2) is 14.4 Å².